The van der Waals surface area contributed by atoms with Crippen LogP contribution >= 0.6 is 0 Å². The molecule has 0 radical (unpaired) electrons. The van der Waals surface area contributed by atoms with Crippen molar-refractivity contribution in [2.75, 3.05) is 0 Å². The van der Waals surface area contributed by atoms with Crippen LogP contribution in [0.15, 0.2) is 30.5 Å². The van der Waals surface area contributed by atoms with E-state index in [1.165, 1.54) is 25.5 Å². The summed E-state index contributed by atoms with van der Waals surface area (Å²) in [6.45, 7) is 0.349. The van der Waals surface area contributed by atoms with Gasteiger partial charge in [0.15, 0.2) is 0 Å². The van der Waals surface area contributed by atoms with Gasteiger partial charge < -0.3 is 15.3 Å². The molecular weight excluding hydrogens is 262 g/mol. The number of aromatic nitrogens is 1. The zero-order valence-corrected chi connectivity index (χ0v) is 12.1. The Balaban J connectivity index is 1.72. The molecule has 1 fully saturated rings. The number of carbonyl (C=O) groups is 1. The molecule has 1 aliphatic rings. The number of carbonyl (C=O) groups excluding carboxylic acids is 1. The lowest BCUT2D eigenvalue weighted by molar-refractivity contribution is -0.122. The summed E-state index contributed by atoms with van der Waals surface area (Å²) >= 11 is 0. The largest absolute Gasteiger partial charge is 0.352 e. The van der Waals surface area contributed by atoms with Crippen LogP contribution in [0.4, 0.5) is 0 Å². The van der Waals surface area contributed by atoms with E-state index in [4.69, 9.17) is 5.41 Å². The molecule has 0 unspecified atom stereocenters. The monoisotopic (exact) mass is 283 g/mol. The molecule has 0 atom stereocenters. The van der Waals surface area contributed by atoms with Crippen molar-refractivity contribution < 1.29 is 4.79 Å². The SMILES string of the molecule is N=Cc1cccc2c1ccn2CC(=O)NC1CCCCC1. The molecule has 1 aliphatic carbocycles. The Morgan fingerprint density at radius 2 is 2.10 bits per heavy atom. The molecule has 3 rings (SSSR count). The average Bonchev–Trinajstić information content (AvgIpc) is 2.91. The highest BCUT2D eigenvalue weighted by atomic mass is 16.2. The van der Waals surface area contributed by atoms with Crippen LogP contribution < -0.4 is 5.32 Å². The molecule has 2 N–H and O–H groups in total. The molecule has 1 aromatic heterocycles. The van der Waals surface area contributed by atoms with Crippen molar-refractivity contribution in [3.05, 3.63) is 36.0 Å². The molecule has 110 valence electrons. The molecule has 1 heterocycles. The second kappa shape index (κ2) is 6.12. The normalized spacial score (nSPS) is 16.0. The molecule has 4 nitrogen and oxygen atoms in total. The zero-order valence-electron chi connectivity index (χ0n) is 12.1. The topological polar surface area (TPSA) is 57.9 Å². The average molecular weight is 283 g/mol. The van der Waals surface area contributed by atoms with E-state index in [0.717, 1.165) is 29.3 Å². The van der Waals surface area contributed by atoms with Gasteiger partial charge in [-0.3, -0.25) is 4.79 Å². The minimum Gasteiger partial charge on any atom is -0.352 e. The fourth-order valence-electron chi connectivity index (χ4n) is 3.19. The first-order valence-corrected chi connectivity index (χ1v) is 7.65. The highest BCUT2D eigenvalue weighted by molar-refractivity contribution is 5.98. The molecule has 21 heavy (non-hydrogen) atoms. The minimum absolute atomic E-state index is 0.0830. The third-order valence-corrected chi connectivity index (χ3v) is 4.29. The third kappa shape index (κ3) is 2.99. The second-order valence-corrected chi connectivity index (χ2v) is 5.77. The molecule has 1 saturated carbocycles. The fraction of sp³-hybridized carbons (Fsp3) is 0.412. The van der Waals surface area contributed by atoms with E-state index in [-0.39, 0.29) is 5.91 Å². The lowest BCUT2D eigenvalue weighted by Crippen LogP contribution is -2.38. The van der Waals surface area contributed by atoms with Crippen LogP contribution in [0, 0.1) is 5.41 Å². The molecule has 0 aliphatic heterocycles. The minimum atomic E-state index is 0.0830. The van der Waals surface area contributed by atoms with Gasteiger partial charge in [-0.2, -0.15) is 0 Å². The van der Waals surface area contributed by atoms with E-state index in [1.54, 1.807) is 0 Å². The van der Waals surface area contributed by atoms with Crippen LogP contribution in [0.5, 0.6) is 0 Å². The van der Waals surface area contributed by atoms with Gasteiger partial charge in [-0.15, -0.1) is 0 Å². The van der Waals surface area contributed by atoms with Crippen LogP contribution in [0.25, 0.3) is 10.9 Å². The summed E-state index contributed by atoms with van der Waals surface area (Å²) in [4.78, 5) is 12.2. The van der Waals surface area contributed by atoms with Crippen molar-refractivity contribution in [1.82, 2.24) is 9.88 Å². The third-order valence-electron chi connectivity index (χ3n) is 4.29. The molecule has 0 bridgehead atoms. The van der Waals surface area contributed by atoms with Crippen LogP contribution in [-0.4, -0.2) is 22.7 Å². The molecule has 2 aromatic rings. The summed E-state index contributed by atoms with van der Waals surface area (Å²) in [5.41, 5.74) is 1.90. The van der Waals surface area contributed by atoms with E-state index >= 15 is 0 Å². The highest BCUT2D eigenvalue weighted by Crippen LogP contribution is 2.20. The van der Waals surface area contributed by atoms with E-state index in [9.17, 15) is 4.79 Å². The van der Waals surface area contributed by atoms with E-state index in [1.807, 2.05) is 35.0 Å². The number of hydrogen-bond acceptors (Lipinski definition) is 2. The van der Waals surface area contributed by atoms with Crippen LogP contribution in [0.3, 0.4) is 0 Å². The van der Waals surface area contributed by atoms with Crippen molar-refractivity contribution in [3.63, 3.8) is 0 Å². The summed E-state index contributed by atoms with van der Waals surface area (Å²) in [7, 11) is 0. The summed E-state index contributed by atoms with van der Waals surface area (Å²) < 4.78 is 1.96. The Morgan fingerprint density at radius 3 is 2.86 bits per heavy atom. The van der Waals surface area contributed by atoms with Crippen molar-refractivity contribution >= 4 is 23.0 Å². The number of amides is 1. The highest BCUT2D eigenvalue weighted by Gasteiger charge is 2.16. The number of nitrogens with one attached hydrogen (secondary N) is 2. The van der Waals surface area contributed by atoms with Crippen molar-refractivity contribution in [2.45, 2.75) is 44.7 Å². The fourth-order valence-corrected chi connectivity index (χ4v) is 3.19. The predicted molar refractivity (Wildman–Crippen MR) is 84.8 cm³/mol. The van der Waals surface area contributed by atoms with Crippen molar-refractivity contribution in [1.29, 1.82) is 5.41 Å². The van der Waals surface area contributed by atoms with Crippen molar-refractivity contribution in [3.8, 4) is 0 Å². The lowest BCUT2D eigenvalue weighted by Gasteiger charge is -2.22. The number of hydrogen-bond donors (Lipinski definition) is 2. The maximum atomic E-state index is 12.2. The number of nitrogens with zero attached hydrogens (tertiary/aromatic N) is 1. The van der Waals surface area contributed by atoms with Gasteiger partial charge in [-0.1, -0.05) is 31.4 Å². The van der Waals surface area contributed by atoms with Gasteiger partial charge in [-0.05, 0) is 25.0 Å². The summed E-state index contributed by atoms with van der Waals surface area (Å²) in [6.07, 6.45) is 9.24. The van der Waals surface area contributed by atoms with E-state index < -0.39 is 0 Å². The van der Waals surface area contributed by atoms with Gasteiger partial charge in [-0.25, -0.2) is 0 Å². The Hall–Kier alpha value is -2.10. The van der Waals surface area contributed by atoms with Crippen LogP contribution in [0.1, 0.15) is 37.7 Å². The molecule has 1 amide bonds. The van der Waals surface area contributed by atoms with Gasteiger partial charge in [0.2, 0.25) is 5.91 Å². The maximum Gasteiger partial charge on any atom is 0.240 e. The van der Waals surface area contributed by atoms with E-state index in [2.05, 4.69) is 5.32 Å². The summed E-state index contributed by atoms with van der Waals surface area (Å²) in [5, 5.41) is 11.6. The standard InChI is InChI=1S/C17H21N3O/c18-11-13-5-4-8-16-15(13)9-10-20(16)12-17(21)19-14-6-2-1-3-7-14/h4-5,8-11,14,18H,1-3,6-7,12H2,(H,19,21). The Kier molecular flexibility index (Phi) is 4.04. The molecule has 4 heteroatoms. The lowest BCUT2D eigenvalue weighted by atomic mass is 9.95. The molecule has 0 saturated heterocycles. The van der Waals surface area contributed by atoms with Gasteiger partial charge in [0.1, 0.15) is 6.54 Å². The van der Waals surface area contributed by atoms with Gasteiger partial charge in [0.05, 0.1) is 0 Å². The maximum absolute atomic E-state index is 12.2. The molecule has 0 spiro atoms. The van der Waals surface area contributed by atoms with E-state index in [0.29, 0.717) is 12.6 Å². The Labute approximate surface area is 124 Å². The van der Waals surface area contributed by atoms with Crippen LogP contribution in [-0.2, 0) is 11.3 Å². The zero-order chi connectivity index (χ0) is 14.7. The predicted octanol–water partition coefficient (Wildman–Crippen LogP) is 3.09. The quantitative estimate of drug-likeness (QED) is 0.832. The Bertz CT molecular complexity index is 653. The smallest absolute Gasteiger partial charge is 0.240 e. The summed E-state index contributed by atoms with van der Waals surface area (Å²) in [5.74, 6) is 0.0830. The number of benzene rings is 1. The van der Waals surface area contributed by atoms with Crippen molar-refractivity contribution in [2.24, 2.45) is 0 Å². The first-order valence-electron chi connectivity index (χ1n) is 7.65. The second-order valence-electron chi connectivity index (χ2n) is 5.77. The number of rotatable bonds is 4. The molecule has 1 aromatic carbocycles. The first kappa shape index (κ1) is 13.9. The first-order chi connectivity index (χ1) is 10.3. The number of fused-ring (bicyclic) bond motifs is 1. The molecular formula is C17H21N3O. The van der Waals surface area contributed by atoms with Gasteiger partial charge in [0.25, 0.3) is 0 Å². The summed E-state index contributed by atoms with van der Waals surface area (Å²) in [6, 6.07) is 8.17. The van der Waals surface area contributed by atoms with Gasteiger partial charge >= 0.3 is 0 Å². The Morgan fingerprint density at radius 1 is 1.29 bits per heavy atom. The van der Waals surface area contributed by atoms with Crippen LogP contribution in [0.2, 0.25) is 0 Å². The van der Waals surface area contributed by atoms with Gasteiger partial charge in [0, 0.05) is 34.9 Å².